The number of rotatable bonds is 10. The van der Waals surface area contributed by atoms with E-state index in [0.717, 1.165) is 12.1 Å². The van der Waals surface area contributed by atoms with Crippen molar-refractivity contribution >= 4 is 33.0 Å². The topological polar surface area (TPSA) is 91.9 Å². The largest absolute Gasteiger partial charge is 0.497 e. The Labute approximate surface area is 269 Å². The van der Waals surface area contributed by atoms with Crippen molar-refractivity contribution < 1.29 is 27.5 Å². The third kappa shape index (κ3) is 5.16. The molecule has 0 aromatic heterocycles. The second-order valence-corrected chi connectivity index (χ2v) is 13.9. The van der Waals surface area contributed by atoms with Crippen LogP contribution in [-0.2, 0) is 26.0 Å². The molecule has 45 heavy (non-hydrogen) atoms. The molecule has 238 valence electrons. The number of hydrazine groups is 1. The van der Waals surface area contributed by atoms with Crippen molar-refractivity contribution in [1.82, 2.24) is 15.0 Å². The van der Waals surface area contributed by atoms with Crippen LogP contribution < -0.4 is 14.5 Å². The maximum Gasteiger partial charge on any atom is 0.253 e. The van der Waals surface area contributed by atoms with Gasteiger partial charge < -0.3 is 14.4 Å². The molecule has 10 nitrogen and oxygen atoms in total. The van der Waals surface area contributed by atoms with E-state index in [0.29, 0.717) is 52.8 Å². The van der Waals surface area contributed by atoms with Crippen LogP contribution in [-0.4, -0.2) is 75.3 Å². The molecule has 3 aromatic carbocycles. The SMILES string of the molecule is CCN(C)Cc1ccc(OC)c([C@H]2C(=O)N(N3CCCC3(N3C=CCO3)S(=O)(=O)c3ccc(OC)cc3)c3ccc(Cl)cc32)c1. The highest BCUT2D eigenvalue weighted by Crippen LogP contribution is 2.51. The van der Waals surface area contributed by atoms with Crippen molar-refractivity contribution in [2.75, 3.05) is 46.0 Å². The van der Waals surface area contributed by atoms with Gasteiger partial charge in [0, 0.05) is 36.3 Å². The molecule has 0 saturated carbocycles. The van der Waals surface area contributed by atoms with E-state index in [1.54, 1.807) is 54.7 Å². The molecule has 0 aliphatic carbocycles. The van der Waals surface area contributed by atoms with E-state index in [9.17, 15) is 13.2 Å². The molecule has 0 spiro atoms. The molecule has 3 aliphatic rings. The molecule has 3 heterocycles. The van der Waals surface area contributed by atoms with Crippen LogP contribution in [0.25, 0.3) is 0 Å². The zero-order valence-electron chi connectivity index (χ0n) is 25.8. The number of fused-ring (bicyclic) bond motifs is 1. The van der Waals surface area contributed by atoms with Crippen LogP contribution in [0, 0.1) is 0 Å². The summed E-state index contributed by atoms with van der Waals surface area (Å²) >= 11 is 6.54. The molecule has 1 saturated heterocycles. The molecule has 1 fully saturated rings. The van der Waals surface area contributed by atoms with Crippen molar-refractivity contribution in [2.45, 2.75) is 42.1 Å². The van der Waals surface area contributed by atoms with Gasteiger partial charge in [0.2, 0.25) is 14.8 Å². The average molecular weight is 653 g/mol. The lowest BCUT2D eigenvalue weighted by atomic mass is 9.90. The second kappa shape index (κ2) is 12.3. The number of carbonyl (C=O) groups excluding carboxylic acids is 1. The predicted molar refractivity (Wildman–Crippen MR) is 172 cm³/mol. The number of carbonyl (C=O) groups is 1. The van der Waals surface area contributed by atoms with Crippen molar-refractivity contribution in [2.24, 2.45) is 0 Å². The minimum Gasteiger partial charge on any atom is -0.497 e. The van der Waals surface area contributed by atoms with Gasteiger partial charge >= 0.3 is 0 Å². The molecule has 0 N–H and O–H groups in total. The van der Waals surface area contributed by atoms with Gasteiger partial charge in [0.1, 0.15) is 11.5 Å². The number of methoxy groups -OCH3 is 2. The van der Waals surface area contributed by atoms with Gasteiger partial charge in [-0.25, -0.2) is 18.5 Å². The number of hydroxylamine groups is 2. The fraction of sp³-hybridized carbons (Fsp3) is 0.364. The van der Waals surface area contributed by atoms with Crippen molar-refractivity contribution in [3.8, 4) is 11.5 Å². The number of anilines is 1. The monoisotopic (exact) mass is 652 g/mol. The minimum atomic E-state index is -4.18. The Kier molecular flexibility index (Phi) is 8.57. The van der Waals surface area contributed by atoms with Crippen LogP contribution in [0.5, 0.6) is 11.5 Å². The Morgan fingerprint density at radius 2 is 1.82 bits per heavy atom. The van der Waals surface area contributed by atoms with Crippen LogP contribution in [0.4, 0.5) is 5.69 Å². The lowest BCUT2D eigenvalue weighted by Crippen LogP contribution is -2.65. The van der Waals surface area contributed by atoms with Gasteiger partial charge in [-0.05, 0) is 91.8 Å². The summed E-state index contributed by atoms with van der Waals surface area (Å²) in [5.74, 6) is 0.0187. The number of nitrogens with zero attached hydrogens (tertiary/aromatic N) is 4. The molecule has 6 rings (SSSR count). The summed E-state index contributed by atoms with van der Waals surface area (Å²) < 4.78 is 40.6. The van der Waals surface area contributed by atoms with Gasteiger partial charge in [-0.15, -0.1) is 0 Å². The maximum atomic E-state index is 14.9. The summed E-state index contributed by atoms with van der Waals surface area (Å²) in [6.07, 6.45) is 4.10. The van der Waals surface area contributed by atoms with E-state index in [1.807, 2.05) is 25.2 Å². The second-order valence-electron chi connectivity index (χ2n) is 11.3. The normalized spacial score (nSPS) is 21.6. The highest BCUT2D eigenvalue weighted by molar-refractivity contribution is 7.92. The highest BCUT2D eigenvalue weighted by Gasteiger charge is 2.62. The molecule has 1 unspecified atom stereocenters. The summed E-state index contributed by atoms with van der Waals surface area (Å²) in [5.41, 5.74) is 2.95. The van der Waals surface area contributed by atoms with Crippen LogP contribution in [0.2, 0.25) is 5.02 Å². The smallest absolute Gasteiger partial charge is 0.253 e. The number of ether oxygens (including phenoxy) is 2. The van der Waals surface area contributed by atoms with E-state index in [4.69, 9.17) is 25.9 Å². The highest BCUT2D eigenvalue weighted by atomic mass is 35.5. The molecular formula is C33H37ClN4O6S. The van der Waals surface area contributed by atoms with E-state index in [2.05, 4.69) is 11.8 Å². The Morgan fingerprint density at radius 3 is 2.49 bits per heavy atom. The third-order valence-electron chi connectivity index (χ3n) is 8.79. The summed E-state index contributed by atoms with van der Waals surface area (Å²) in [4.78, 5) is 21.3. The van der Waals surface area contributed by atoms with Crippen LogP contribution >= 0.6 is 11.6 Å². The molecule has 0 radical (unpaired) electrons. The quantitative estimate of drug-likeness (QED) is 0.294. The fourth-order valence-electron chi connectivity index (χ4n) is 6.51. The number of benzene rings is 3. The lowest BCUT2D eigenvalue weighted by Gasteiger charge is -2.46. The average Bonchev–Trinajstić information content (AvgIpc) is 3.79. The van der Waals surface area contributed by atoms with Crippen molar-refractivity contribution in [3.05, 3.63) is 94.7 Å². The molecule has 12 heteroatoms. The summed E-state index contributed by atoms with van der Waals surface area (Å²) in [6, 6.07) is 17.4. The van der Waals surface area contributed by atoms with E-state index < -0.39 is 20.8 Å². The zero-order valence-corrected chi connectivity index (χ0v) is 27.3. The summed E-state index contributed by atoms with van der Waals surface area (Å²) in [6.45, 7) is 4.15. The number of hydrogen-bond acceptors (Lipinski definition) is 9. The van der Waals surface area contributed by atoms with Crippen LogP contribution in [0.3, 0.4) is 0 Å². The number of sulfone groups is 1. The van der Waals surface area contributed by atoms with E-state index in [1.165, 1.54) is 29.3 Å². The predicted octanol–water partition coefficient (Wildman–Crippen LogP) is 5.19. The lowest BCUT2D eigenvalue weighted by molar-refractivity contribution is -0.175. The molecule has 3 aromatic rings. The van der Waals surface area contributed by atoms with Gasteiger partial charge in [-0.2, -0.15) is 5.01 Å². The first-order chi connectivity index (χ1) is 21.7. The summed E-state index contributed by atoms with van der Waals surface area (Å²) in [7, 11) is 0.963. The third-order valence-corrected chi connectivity index (χ3v) is 11.4. The molecule has 2 atom stereocenters. The molecule has 0 bridgehead atoms. The van der Waals surface area contributed by atoms with Crippen molar-refractivity contribution in [1.29, 1.82) is 0 Å². The van der Waals surface area contributed by atoms with Gasteiger partial charge in [0.05, 0.1) is 37.3 Å². The minimum absolute atomic E-state index is 0.0908. The Bertz CT molecular complexity index is 1730. The Hall–Kier alpha value is -3.61. The first kappa shape index (κ1) is 31.4. The van der Waals surface area contributed by atoms with Gasteiger partial charge in [0.15, 0.2) is 0 Å². The standard InChI is InChI=1S/C33H37ClN4O6S/c1-5-35(2)22-23-8-15-30(43-4)28(20-23)31-27-21-24(34)9-14-29(27)38(32(31)39)36-17-6-16-33(36,37-18-7-19-44-37)45(40,41)26-12-10-25(42-3)11-13-26/h7-15,18,20-21,31H,5-6,16-17,19,22H2,1-4H3/t31-,33?/m0/s1. The van der Waals surface area contributed by atoms with Gasteiger partial charge in [0.25, 0.3) is 5.91 Å². The first-order valence-electron chi connectivity index (χ1n) is 14.9. The van der Waals surface area contributed by atoms with E-state index >= 15 is 0 Å². The summed E-state index contributed by atoms with van der Waals surface area (Å²) in [5, 5.41) is 5.03. The molecular weight excluding hydrogens is 616 g/mol. The number of amides is 1. The van der Waals surface area contributed by atoms with Crippen LogP contribution in [0.15, 0.2) is 77.8 Å². The first-order valence-corrected chi connectivity index (χ1v) is 16.8. The zero-order chi connectivity index (χ0) is 31.9. The van der Waals surface area contributed by atoms with Crippen LogP contribution in [0.1, 0.15) is 42.4 Å². The fourth-order valence-corrected chi connectivity index (χ4v) is 8.77. The van der Waals surface area contributed by atoms with Gasteiger partial charge in [-0.3, -0.25) is 9.63 Å². The number of halogens is 1. The Morgan fingerprint density at radius 1 is 1.04 bits per heavy atom. The van der Waals surface area contributed by atoms with Crippen molar-refractivity contribution in [3.63, 3.8) is 0 Å². The number of hydrogen-bond donors (Lipinski definition) is 0. The molecule has 1 amide bonds. The maximum absolute atomic E-state index is 14.9. The Balaban J connectivity index is 1.51. The van der Waals surface area contributed by atoms with E-state index in [-0.39, 0.29) is 23.8 Å². The van der Waals surface area contributed by atoms with Gasteiger partial charge in [-0.1, -0.05) is 24.6 Å². The molecule has 3 aliphatic heterocycles.